The summed E-state index contributed by atoms with van der Waals surface area (Å²) in [5.41, 5.74) is 7.10. The molecule has 23 heavy (non-hydrogen) atoms. The highest BCUT2D eigenvalue weighted by molar-refractivity contribution is 6.30. The molecular weight excluding hydrogens is 302 g/mol. The van der Waals surface area contributed by atoms with Gasteiger partial charge in [0.2, 0.25) is 0 Å². The second kappa shape index (κ2) is 5.99. The summed E-state index contributed by atoms with van der Waals surface area (Å²) >= 11 is 6.05. The molecule has 0 aromatic heterocycles. The zero-order valence-electron chi connectivity index (χ0n) is 13.3. The number of rotatable bonds is 2. The van der Waals surface area contributed by atoms with Crippen molar-refractivity contribution in [1.82, 2.24) is 4.90 Å². The molecule has 2 aliphatic rings. The van der Waals surface area contributed by atoms with E-state index < -0.39 is 0 Å². The fourth-order valence-electron chi connectivity index (χ4n) is 3.78. The summed E-state index contributed by atoms with van der Waals surface area (Å²) in [4.78, 5) is 2.54. The lowest BCUT2D eigenvalue weighted by Crippen LogP contribution is -2.40. The summed E-state index contributed by atoms with van der Waals surface area (Å²) in [6.07, 6.45) is 2.39. The zero-order valence-corrected chi connectivity index (χ0v) is 14.1. The van der Waals surface area contributed by atoms with E-state index in [1.165, 1.54) is 27.8 Å². The van der Waals surface area contributed by atoms with E-state index in [9.17, 15) is 0 Å². The van der Waals surface area contributed by atoms with Crippen molar-refractivity contribution >= 4 is 22.7 Å². The molecule has 0 fully saturated rings. The number of hydrogen-bond donors (Lipinski definition) is 0. The first-order valence-corrected chi connectivity index (χ1v) is 8.53. The van der Waals surface area contributed by atoms with Gasteiger partial charge < -0.3 is 0 Å². The van der Waals surface area contributed by atoms with Gasteiger partial charge in [0, 0.05) is 30.6 Å². The lowest BCUT2D eigenvalue weighted by Gasteiger charge is -2.40. The first-order valence-electron chi connectivity index (χ1n) is 8.16. The van der Waals surface area contributed by atoms with Crippen LogP contribution in [0, 0.1) is 5.92 Å². The Morgan fingerprint density at radius 1 is 0.957 bits per heavy atom. The average molecular weight is 322 g/mol. The highest BCUT2D eigenvalue weighted by atomic mass is 35.5. The molecule has 1 unspecified atom stereocenters. The molecular formula is C21H20ClN. The van der Waals surface area contributed by atoms with Crippen molar-refractivity contribution in [3.63, 3.8) is 0 Å². The lowest BCUT2D eigenvalue weighted by molar-refractivity contribution is 0.295. The largest absolute Gasteiger partial charge is 0.294 e. The van der Waals surface area contributed by atoms with Crippen molar-refractivity contribution in [2.45, 2.75) is 6.92 Å². The maximum absolute atomic E-state index is 6.05. The Balaban J connectivity index is 1.76. The Hall–Kier alpha value is -1.83. The summed E-state index contributed by atoms with van der Waals surface area (Å²) in [5.74, 6) is 0.480. The monoisotopic (exact) mass is 321 g/mol. The molecule has 2 atom stereocenters. The van der Waals surface area contributed by atoms with Crippen LogP contribution in [0.5, 0.6) is 0 Å². The third kappa shape index (κ3) is 2.75. The molecule has 2 aromatic rings. The van der Waals surface area contributed by atoms with Gasteiger partial charge in [-0.2, -0.15) is 0 Å². The number of fused-ring (bicyclic) bond motifs is 2. The van der Waals surface area contributed by atoms with E-state index in [0.717, 1.165) is 24.7 Å². The molecule has 0 radical (unpaired) electrons. The lowest BCUT2D eigenvalue weighted by atomic mass is 9.78. The van der Waals surface area contributed by atoms with Gasteiger partial charge in [0.25, 0.3) is 0 Å². The van der Waals surface area contributed by atoms with Crippen LogP contribution in [0.2, 0.25) is 5.02 Å². The van der Waals surface area contributed by atoms with E-state index in [2.05, 4.69) is 60.4 Å². The fraction of sp³-hybridized carbons (Fsp3) is 0.238. The van der Waals surface area contributed by atoms with Gasteiger partial charge in [-0.15, -0.1) is 0 Å². The van der Waals surface area contributed by atoms with E-state index in [1.54, 1.807) is 0 Å². The van der Waals surface area contributed by atoms with E-state index in [4.69, 9.17) is 11.6 Å². The maximum Gasteiger partial charge on any atom is 0.0406 e. The van der Waals surface area contributed by atoms with Gasteiger partial charge in [0.15, 0.2) is 0 Å². The average Bonchev–Trinajstić information content (AvgIpc) is 2.60. The molecule has 0 spiro atoms. The topological polar surface area (TPSA) is 3.24 Å². The number of hydrogen-bond acceptors (Lipinski definition) is 1. The van der Waals surface area contributed by atoms with Crippen LogP contribution < -0.4 is 0 Å². The third-order valence-electron chi connectivity index (χ3n) is 5.07. The summed E-state index contributed by atoms with van der Waals surface area (Å²) in [5, 5.41) is 0.799. The second-order valence-electron chi connectivity index (χ2n) is 6.44. The summed E-state index contributed by atoms with van der Waals surface area (Å²) in [6.45, 7) is 5.50. The Bertz CT molecular complexity index is 771. The molecule has 2 bridgehead atoms. The van der Waals surface area contributed by atoms with Gasteiger partial charge in [0.05, 0.1) is 0 Å². The van der Waals surface area contributed by atoms with Gasteiger partial charge in [-0.1, -0.05) is 65.7 Å². The minimum atomic E-state index is 0.480. The van der Waals surface area contributed by atoms with Crippen LogP contribution in [0.1, 0.15) is 18.1 Å². The van der Waals surface area contributed by atoms with Crippen LogP contribution in [-0.2, 0) is 0 Å². The van der Waals surface area contributed by atoms with E-state index in [0.29, 0.717) is 5.92 Å². The molecule has 0 saturated heterocycles. The summed E-state index contributed by atoms with van der Waals surface area (Å²) < 4.78 is 0. The van der Waals surface area contributed by atoms with Gasteiger partial charge in [-0.25, -0.2) is 0 Å². The number of benzene rings is 2. The van der Waals surface area contributed by atoms with Crippen LogP contribution in [0.4, 0.5) is 0 Å². The van der Waals surface area contributed by atoms with Crippen molar-refractivity contribution in [2.75, 3.05) is 19.6 Å². The van der Waals surface area contributed by atoms with Crippen LogP contribution in [-0.4, -0.2) is 24.5 Å². The highest BCUT2D eigenvalue weighted by Crippen LogP contribution is 2.40. The predicted molar refractivity (Wildman–Crippen MR) is 98.4 cm³/mol. The van der Waals surface area contributed by atoms with Crippen molar-refractivity contribution in [3.8, 4) is 0 Å². The molecule has 0 amide bonds. The SMILES string of the molecule is CC1=C(c2ccccc2)CN2CC=C(c3ccc(Cl)cc3)[C@@H]1C2. The second-order valence-corrected chi connectivity index (χ2v) is 6.88. The van der Waals surface area contributed by atoms with Crippen molar-refractivity contribution in [3.05, 3.63) is 82.4 Å². The molecule has 2 aromatic carbocycles. The van der Waals surface area contributed by atoms with Crippen LogP contribution >= 0.6 is 11.6 Å². The van der Waals surface area contributed by atoms with Crippen LogP contribution in [0.15, 0.2) is 66.2 Å². The first kappa shape index (κ1) is 14.7. The minimum absolute atomic E-state index is 0.480. The summed E-state index contributed by atoms with van der Waals surface area (Å²) in [6, 6.07) is 19.1. The molecule has 2 aliphatic heterocycles. The maximum atomic E-state index is 6.05. The van der Waals surface area contributed by atoms with Gasteiger partial charge in [-0.05, 0) is 41.3 Å². The van der Waals surface area contributed by atoms with Crippen molar-refractivity contribution in [1.29, 1.82) is 0 Å². The fourth-order valence-corrected chi connectivity index (χ4v) is 3.90. The Morgan fingerprint density at radius 3 is 2.43 bits per heavy atom. The minimum Gasteiger partial charge on any atom is -0.294 e. The molecule has 2 heterocycles. The predicted octanol–water partition coefficient (Wildman–Crippen LogP) is 5.14. The van der Waals surface area contributed by atoms with Crippen LogP contribution in [0.3, 0.4) is 0 Å². The molecule has 0 aliphatic carbocycles. The van der Waals surface area contributed by atoms with Crippen molar-refractivity contribution < 1.29 is 0 Å². The number of halogens is 1. The van der Waals surface area contributed by atoms with E-state index >= 15 is 0 Å². The zero-order chi connectivity index (χ0) is 15.8. The van der Waals surface area contributed by atoms with Gasteiger partial charge in [-0.3, -0.25) is 4.90 Å². The number of nitrogens with zero attached hydrogens (tertiary/aromatic N) is 1. The molecule has 0 saturated carbocycles. The molecule has 2 heteroatoms. The summed E-state index contributed by atoms with van der Waals surface area (Å²) in [7, 11) is 0. The molecule has 4 rings (SSSR count). The Kier molecular flexibility index (Phi) is 3.84. The molecule has 1 nitrogen and oxygen atoms in total. The molecule has 0 N–H and O–H groups in total. The quantitative estimate of drug-likeness (QED) is 0.740. The standard InChI is InChI=1S/C21H20ClN/c1-15-20(16-5-3-2-4-6-16)13-23-12-11-19(21(15)14-23)17-7-9-18(22)10-8-17/h2-11,21H,12-14H2,1H3/t21-/m1/s1. The third-order valence-corrected chi connectivity index (χ3v) is 5.32. The first-order chi connectivity index (χ1) is 11.2. The van der Waals surface area contributed by atoms with Crippen LogP contribution in [0.25, 0.3) is 11.1 Å². The smallest absolute Gasteiger partial charge is 0.0406 e. The van der Waals surface area contributed by atoms with Gasteiger partial charge in [0.1, 0.15) is 0 Å². The normalized spacial score (nSPS) is 23.7. The highest BCUT2D eigenvalue weighted by Gasteiger charge is 2.31. The Morgan fingerprint density at radius 2 is 1.70 bits per heavy atom. The van der Waals surface area contributed by atoms with Gasteiger partial charge >= 0.3 is 0 Å². The molecule has 116 valence electrons. The van der Waals surface area contributed by atoms with E-state index in [-0.39, 0.29) is 0 Å². The Labute approximate surface area is 142 Å². The van der Waals surface area contributed by atoms with E-state index in [1.807, 2.05) is 12.1 Å². The van der Waals surface area contributed by atoms with Crippen molar-refractivity contribution in [2.24, 2.45) is 5.92 Å².